The van der Waals surface area contributed by atoms with Gasteiger partial charge in [0, 0.05) is 6.54 Å². The summed E-state index contributed by atoms with van der Waals surface area (Å²) in [5.41, 5.74) is 7.97. The molecule has 6 nitrogen and oxygen atoms in total. The van der Waals surface area contributed by atoms with Crippen molar-refractivity contribution < 1.29 is 4.79 Å². The summed E-state index contributed by atoms with van der Waals surface area (Å²) in [5, 5.41) is 2.96. The van der Waals surface area contributed by atoms with Crippen LogP contribution in [0.1, 0.15) is 19.3 Å². The minimum absolute atomic E-state index is 0.00824. The average molecular weight is 319 g/mol. The van der Waals surface area contributed by atoms with Gasteiger partial charge in [-0.1, -0.05) is 6.07 Å². The Bertz CT molecular complexity index is 624. The van der Waals surface area contributed by atoms with Crippen molar-refractivity contribution in [3.8, 4) is 0 Å². The summed E-state index contributed by atoms with van der Waals surface area (Å²) in [6, 6.07) is 5.66. The number of anilines is 1. The minimum Gasteiger partial charge on any atom is -0.330 e. The molecule has 0 spiro atoms. The van der Waals surface area contributed by atoms with E-state index >= 15 is 0 Å². The Morgan fingerprint density at radius 3 is 3.23 bits per heavy atom. The predicted octanol–water partition coefficient (Wildman–Crippen LogP) is 2.41. The fourth-order valence-corrected chi connectivity index (χ4v) is 3.62. The number of nitrogens with one attached hydrogen (secondary N) is 1. The van der Waals surface area contributed by atoms with Crippen molar-refractivity contribution in [2.24, 2.45) is 20.4 Å². The molecule has 0 aromatic heterocycles. The van der Waals surface area contributed by atoms with Gasteiger partial charge in [-0.05, 0) is 50.4 Å². The highest BCUT2D eigenvalue weighted by atomic mass is 32.1. The third-order valence-corrected chi connectivity index (χ3v) is 4.65. The van der Waals surface area contributed by atoms with Crippen molar-refractivity contribution in [1.29, 1.82) is 0 Å². The molecule has 0 aliphatic carbocycles. The van der Waals surface area contributed by atoms with Gasteiger partial charge in [0.2, 0.25) is 5.91 Å². The van der Waals surface area contributed by atoms with Crippen LogP contribution < -0.4 is 11.1 Å². The number of fused-ring (bicyclic) bond motifs is 1. The van der Waals surface area contributed by atoms with E-state index in [0.717, 1.165) is 60.9 Å². The number of likely N-dealkylation sites (tertiary alicyclic amines) is 1. The van der Waals surface area contributed by atoms with Gasteiger partial charge in [-0.25, -0.2) is 0 Å². The number of hydrogen-bond donors (Lipinski definition) is 2. The van der Waals surface area contributed by atoms with E-state index in [1.165, 1.54) is 6.42 Å². The number of rotatable bonds is 5. The van der Waals surface area contributed by atoms with E-state index in [1.807, 2.05) is 18.2 Å². The highest BCUT2D eigenvalue weighted by Crippen LogP contribution is 2.38. The van der Waals surface area contributed by atoms with Gasteiger partial charge in [0.15, 0.2) is 0 Å². The molecule has 1 saturated heterocycles. The van der Waals surface area contributed by atoms with Crippen LogP contribution >= 0.6 is 0 Å². The molecule has 2 aliphatic rings. The first-order valence-electron chi connectivity index (χ1n) is 7.70. The summed E-state index contributed by atoms with van der Waals surface area (Å²) < 4.78 is 8.43. The highest BCUT2D eigenvalue weighted by Gasteiger charge is 2.21. The van der Waals surface area contributed by atoms with Crippen LogP contribution in [0.5, 0.6) is 0 Å². The molecule has 1 amide bonds. The maximum absolute atomic E-state index is 12.3. The molecule has 1 fully saturated rings. The van der Waals surface area contributed by atoms with Crippen LogP contribution in [-0.4, -0.2) is 37.0 Å². The predicted molar refractivity (Wildman–Crippen MR) is 89.4 cm³/mol. The Morgan fingerprint density at radius 2 is 2.36 bits per heavy atom. The molecule has 3 rings (SSSR count). The Balaban J connectivity index is 1.57. The molecular weight excluding hydrogens is 298 g/mol. The fourth-order valence-electron chi connectivity index (χ4n) is 3.07. The standard InChI is InChI=1S/C15H21N5OS/c16-7-6-11-3-2-8-20(9-11)10-14(21)17-12-4-1-5-13-15(12)19-22-18-13/h1,4-5,11H,2-3,6-10,16H2,(H,17,21). The van der Waals surface area contributed by atoms with Crippen LogP contribution in [0, 0.1) is 5.92 Å². The van der Waals surface area contributed by atoms with Crippen molar-refractivity contribution in [1.82, 2.24) is 4.90 Å². The highest BCUT2D eigenvalue weighted by molar-refractivity contribution is 7.58. The Hall–Kier alpha value is -1.57. The molecule has 1 aromatic carbocycles. The molecule has 0 radical (unpaired) electrons. The van der Waals surface area contributed by atoms with Crippen LogP contribution in [0.2, 0.25) is 0 Å². The second kappa shape index (κ2) is 7.13. The SMILES string of the molecule is NCCC1CCCN(CC(=O)Nc2cccc3c2N=S=N3)C1. The normalized spacial score (nSPS) is 20.5. The molecule has 7 heteroatoms. The topological polar surface area (TPSA) is 83.1 Å². The molecule has 1 aromatic rings. The number of amides is 1. The van der Waals surface area contributed by atoms with Crippen LogP contribution in [-0.2, 0) is 16.1 Å². The van der Waals surface area contributed by atoms with Crippen LogP contribution in [0.15, 0.2) is 26.9 Å². The third kappa shape index (κ3) is 3.60. The van der Waals surface area contributed by atoms with E-state index in [-0.39, 0.29) is 5.91 Å². The molecule has 0 bridgehead atoms. The number of benzene rings is 1. The molecule has 1 atom stereocenters. The van der Waals surface area contributed by atoms with Gasteiger partial charge < -0.3 is 11.1 Å². The van der Waals surface area contributed by atoms with E-state index in [4.69, 9.17) is 5.73 Å². The second-order valence-corrected chi connectivity index (χ2v) is 6.33. The zero-order chi connectivity index (χ0) is 15.4. The van der Waals surface area contributed by atoms with Crippen molar-refractivity contribution in [2.45, 2.75) is 19.3 Å². The van der Waals surface area contributed by atoms with Crippen molar-refractivity contribution >= 4 is 34.3 Å². The lowest BCUT2D eigenvalue weighted by molar-refractivity contribution is -0.117. The number of hydrogen-bond acceptors (Lipinski definition) is 5. The maximum Gasteiger partial charge on any atom is 0.238 e. The van der Waals surface area contributed by atoms with E-state index in [9.17, 15) is 4.79 Å². The van der Waals surface area contributed by atoms with Crippen LogP contribution in [0.3, 0.4) is 0 Å². The number of carbonyl (C=O) groups is 1. The summed E-state index contributed by atoms with van der Waals surface area (Å²) in [7, 11) is 0. The van der Waals surface area contributed by atoms with Crippen LogP contribution in [0.25, 0.3) is 0 Å². The molecular formula is C15H21N5OS. The van der Waals surface area contributed by atoms with Gasteiger partial charge >= 0.3 is 0 Å². The molecule has 1 unspecified atom stereocenters. The van der Waals surface area contributed by atoms with Crippen molar-refractivity contribution in [2.75, 3.05) is 31.5 Å². The van der Waals surface area contributed by atoms with Gasteiger partial charge in [-0.2, -0.15) is 8.73 Å². The Kier molecular flexibility index (Phi) is 4.97. The summed E-state index contributed by atoms with van der Waals surface area (Å²) >= 11 is 1.16. The summed E-state index contributed by atoms with van der Waals surface area (Å²) in [5.74, 6) is 0.631. The van der Waals surface area contributed by atoms with Gasteiger partial charge in [0.25, 0.3) is 0 Å². The van der Waals surface area contributed by atoms with E-state index in [1.54, 1.807) is 0 Å². The van der Waals surface area contributed by atoms with E-state index in [0.29, 0.717) is 12.5 Å². The summed E-state index contributed by atoms with van der Waals surface area (Å²) in [4.78, 5) is 14.5. The lowest BCUT2D eigenvalue weighted by Gasteiger charge is -2.32. The number of nitrogens with two attached hydrogens (primary N) is 1. The van der Waals surface area contributed by atoms with Gasteiger partial charge in [0.1, 0.15) is 11.4 Å². The fraction of sp³-hybridized carbons (Fsp3) is 0.533. The Morgan fingerprint density at radius 1 is 1.45 bits per heavy atom. The quantitative estimate of drug-likeness (QED) is 0.887. The van der Waals surface area contributed by atoms with Crippen LogP contribution in [0.4, 0.5) is 17.1 Å². The molecule has 22 heavy (non-hydrogen) atoms. The second-order valence-electron chi connectivity index (χ2n) is 5.81. The lowest BCUT2D eigenvalue weighted by atomic mass is 9.95. The van der Waals surface area contributed by atoms with Crippen molar-refractivity contribution in [3.05, 3.63) is 18.2 Å². The van der Waals surface area contributed by atoms with E-state index < -0.39 is 0 Å². The first kappa shape index (κ1) is 15.3. The largest absolute Gasteiger partial charge is 0.330 e. The third-order valence-electron chi connectivity index (χ3n) is 4.11. The number of nitrogens with zero attached hydrogens (tertiary/aromatic N) is 3. The molecule has 0 saturated carbocycles. The molecule has 2 heterocycles. The zero-order valence-corrected chi connectivity index (χ0v) is 13.3. The zero-order valence-electron chi connectivity index (χ0n) is 12.5. The minimum atomic E-state index is 0.00824. The monoisotopic (exact) mass is 319 g/mol. The van der Waals surface area contributed by atoms with E-state index in [2.05, 4.69) is 18.9 Å². The smallest absolute Gasteiger partial charge is 0.238 e. The van der Waals surface area contributed by atoms with Crippen molar-refractivity contribution in [3.63, 3.8) is 0 Å². The molecule has 2 aliphatic heterocycles. The maximum atomic E-state index is 12.3. The summed E-state index contributed by atoms with van der Waals surface area (Å²) in [6.07, 6.45) is 3.41. The molecule has 3 N–H and O–H groups in total. The number of piperidine rings is 1. The Labute approximate surface area is 134 Å². The lowest BCUT2D eigenvalue weighted by Crippen LogP contribution is -2.40. The first-order valence-corrected chi connectivity index (χ1v) is 8.43. The average Bonchev–Trinajstić information content (AvgIpc) is 2.97. The van der Waals surface area contributed by atoms with Gasteiger partial charge in [-0.15, -0.1) is 0 Å². The van der Waals surface area contributed by atoms with Gasteiger partial charge in [0.05, 0.1) is 23.6 Å². The summed E-state index contributed by atoms with van der Waals surface area (Å²) in [6.45, 7) is 3.10. The molecule has 118 valence electrons. The number of carbonyl (C=O) groups excluding carboxylic acids is 1. The first-order chi connectivity index (χ1) is 10.8. The van der Waals surface area contributed by atoms with Gasteiger partial charge in [-0.3, -0.25) is 9.69 Å².